The number of aryl methyl sites for hydroxylation is 2. The number of hydrogen-bond acceptors (Lipinski definition) is 5. The topological polar surface area (TPSA) is 41.0 Å². The molecular weight excluding hydrogens is 280 g/mol. The highest BCUT2D eigenvalue weighted by molar-refractivity contribution is 7.18. The number of hydrogen-bond donors (Lipinski definition) is 1. The minimum atomic E-state index is 0.552. The molecule has 1 aliphatic heterocycles. The Labute approximate surface area is 130 Å². The van der Waals surface area contributed by atoms with Crippen LogP contribution >= 0.6 is 11.3 Å². The van der Waals surface area contributed by atoms with E-state index >= 15 is 0 Å². The predicted octanol–water partition coefficient (Wildman–Crippen LogP) is 3.28. The number of piperidine rings is 1. The molecule has 2 aromatic rings. The van der Waals surface area contributed by atoms with Crippen molar-refractivity contribution in [1.29, 1.82) is 0 Å². The van der Waals surface area contributed by atoms with Gasteiger partial charge in [-0.15, -0.1) is 11.3 Å². The molecular formula is C16H24N4S. The van der Waals surface area contributed by atoms with Crippen molar-refractivity contribution in [2.24, 2.45) is 0 Å². The van der Waals surface area contributed by atoms with E-state index in [4.69, 9.17) is 0 Å². The number of nitrogens with zero attached hydrogens (tertiary/aromatic N) is 3. The second-order valence-electron chi connectivity index (χ2n) is 5.81. The Kier molecular flexibility index (Phi) is 4.40. The molecule has 3 heterocycles. The third-order valence-corrected chi connectivity index (χ3v) is 5.59. The van der Waals surface area contributed by atoms with Crippen molar-refractivity contribution in [2.75, 3.05) is 24.5 Å². The van der Waals surface area contributed by atoms with Crippen molar-refractivity contribution in [3.8, 4) is 0 Å². The molecule has 1 atom stereocenters. The fraction of sp³-hybridized carbons (Fsp3) is 0.625. The quantitative estimate of drug-likeness (QED) is 0.941. The van der Waals surface area contributed by atoms with Gasteiger partial charge in [-0.3, -0.25) is 0 Å². The number of likely N-dealkylation sites (N-methyl/N-ethyl adjacent to an activating group) is 1. The van der Waals surface area contributed by atoms with Crippen molar-refractivity contribution in [2.45, 2.75) is 46.1 Å². The van der Waals surface area contributed by atoms with Crippen LogP contribution in [-0.2, 0) is 0 Å². The van der Waals surface area contributed by atoms with Crippen LogP contribution in [0.2, 0.25) is 0 Å². The molecule has 0 saturated carbocycles. The van der Waals surface area contributed by atoms with E-state index in [9.17, 15) is 0 Å². The molecule has 21 heavy (non-hydrogen) atoms. The summed E-state index contributed by atoms with van der Waals surface area (Å²) >= 11 is 1.78. The van der Waals surface area contributed by atoms with Crippen LogP contribution in [0.15, 0.2) is 6.33 Å². The van der Waals surface area contributed by atoms with E-state index in [0.717, 1.165) is 30.3 Å². The lowest BCUT2D eigenvalue weighted by Gasteiger charge is -2.37. The van der Waals surface area contributed by atoms with Gasteiger partial charge in [0, 0.05) is 24.0 Å². The summed E-state index contributed by atoms with van der Waals surface area (Å²) in [7, 11) is 0. The minimum absolute atomic E-state index is 0.552. The summed E-state index contributed by atoms with van der Waals surface area (Å²) in [6, 6.07) is 0.552. The molecule has 1 N–H and O–H groups in total. The van der Waals surface area contributed by atoms with Crippen molar-refractivity contribution in [1.82, 2.24) is 15.3 Å². The molecule has 2 aromatic heterocycles. The first kappa shape index (κ1) is 14.7. The second-order valence-corrected chi connectivity index (χ2v) is 7.01. The summed E-state index contributed by atoms with van der Waals surface area (Å²) in [5.41, 5.74) is 1.35. The monoisotopic (exact) mass is 304 g/mol. The fourth-order valence-corrected chi connectivity index (χ4v) is 4.18. The number of fused-ring (bicyclic) bond motifs is 1. The maximum Gasteiger partial charge on any atom is 0.141 e. The zero-order chi connectivity index (χ0) is 14.8. The Bertz CT molecular complexity index is 622. The Hall–Kier alpha value is -1.20. The van der Waals surface area contributed by atoms with Crippen molar-refractivity contribution >= 4 is 27.4 Å². The van der Waals surface area contributed by atoms with Gasteiger partial charge in [0.05, 0.1) is 5.39 Å². The SMILES string of the molecule is CCNCC1CCCCN1c1ncnc2sc(C)c(C)c12. The molecule has 0 amide bonds. The van der Waals surface area contributed by atoms with Crippen LogP contribution in [-0.4, -0.2) is 35.6 Å². The van der Waals surface area contributed by atoms with Crippen LogP contribution in [0, 0.1) is 13.8 Å². The van der Waals surface area contributed by atoms with E-state index in [0.29, 0.717) is 6.04 Å². The van der Waals surface area contributed by atoms with Gasteiger partial charge in [-0.1, -0.05) is 6.92 Å². The van der Waals surface area contributed by atoms with Gasteiger partial charge in [-0.05, 0) is 45.2 Å². The van der Waals surface area contributed by atoms with E-state index in [2.05, 4.69) is 41.0 Å². The Morgan fingerprint density at radius 2 is 2.19 bits per heavy atom. The highest BCUT2D eigenvalue weighted by Crippen LogP contribution is 2.36. The summed E-state index contributed by atoms with van der Waals surface area (Å²) < 4.78 is 0. The van der Waals surface area contributed by atoms with Crippen LogP contribution in [0.1, 0.15) is 36.6 Å². The van der Waals surface area contributed by atoms with E-state index in [1.54, 1.807) is 17.7 Å². The van der Waals surface area contributed by atoms with E-state index in [1.165, 1.54) is 35.1 Å². The third kappa shape index (κ3) is 2.77. The lowest BCUT2D eigenvalue weighted by molar-refractivity contribution is 0.437. The summed E-state index contributed by atoms with van der Waals surface area (Å²) in [6.45, 7) is 9.73. The smallest absolute Gasteiger partial charge is 0.141 e. The number of aromatic nitrogens is 2. The molecule has 1 fully saturated rings. The first-order chi connectivity index (χ1) is 10.2. The van der Waals surface area contributed by atoms with Gasteiger partial charge in [0.15, 0.2) is 0 Å². The van der Waals surface area contributed by atoms with Gasteiger partial charge >= 0.3 is 0 Å². The van der Waals surface area contributed by atoms with E-state index in [1.807, 2.05) is 0 Å². The minimum Gasteiger partial charge on any atom is -0.352 e. The maximum atomic E-state index is 4.66. The average molecular weight is 304 g/mol. The Morgan fingerprint density at radius 3 is 3.00 bits per heavy atom. The number of thiophene rings is 1. The molecule has 3 rings (SSSR count). The summed E-state index contributed by atoms with van der Waals surface area (Å²) in [5, 5.41) is 4.77. The van der Waals surface area contributed by atoms with Gasteiger partial charge in [0.1, 0.15) is 17.0 Å². The standard InChI is InChI=1S/C16H24N4S/c1-4-17-9-13-7-5-6-8-20(13)15-14-11(2)12(3)21-16(14)19-10-18-15/h10,13,17H,4-9H2,1-3H3. The average Bonchev–Trinajstić information content (AvgIpc) is 2.80. The van der Waals surface area contributed by atoms with E-state index in [-0.39, 0.29) is 0 Å². The van der Waals surface area contributed by atoms with Gasteiger partial charge in [-0.2, -0.15) is 0 Å². The molecule has 0 spiro atoms. The van der Waals surface area contributed by atoms with Crippen molar-refractivity contribution in [3.05, 3.63) is 16.8 Å². The van der Waals surface area contributed by atoms with Gasteiger partial charge < -0.3 is 10.2 Å². The zero-order valence-electron chi connectivity index (χ0n) is 13.1. The summed E-state index contributed by atoms with van der Waals surface area (Å²) in [4.78, 5) is 14.1. The van der Waals surface area contributed by atoms with Gasteiger partial charge in [-0.25, -0.2) is 9.97 Å². The lowest BCUT2D eigenvalue weighted by atomic mass is 10.0. The molecule has 114 valence electrons. The summed E-state index contributed by atoms with van der Waals surface area (Å²) in [6.07, 6.45) is 5.56. The molecule has 1 saturated heterocycles. The zero-order valence-corrected chi connectivity index (χ0v) is 14.0. The molecule has 1 unspecified atom stereocenters. The number of nitrogens with one attached hydrogen (secondary N) is 1. The third-order valence-electron chi connectivity index (χ3n) is 4.47. The Balaban J connectivity index is 2.01. The van der Waals surface area contributed by atoms with Crippen LogP contribution in [0.3, 0.4) is 0 Å². The lowest BCUT2D eigenvalue weighted by Crippen LogP contribution is -2.46. The van der Waals surface area contributed by atoms with Crippen molar-refractivity contribution in [3.63, 3.8) is 0 Å². The highest BCUT2D eigenvalue weighted by Gasteiger charge is 2.26. The van der Waals surface area contributed by atoms with Gasteiger partial charge in [0.2, 0.25) is 0 Å². The molecule has 0 radical (unpaired) electrons. The fourth-order valence-electron chi connectivity index (χ4n) is 3.18. The van der Waals surface area contributed by atoms with Crippen LogP contribution in [0.25, 0.3) is 10.2 Å². The first-order valence-corrected chi connectivity index (χ1v) is 8.72. The normalized spacial score (nSPS) is 19.4. The largest absolute Gasteiger partial charge is 0.352 e. The summed E-state index contributed by atoms with van der Waals surface area (Å²) in [5.74, 6) is 1.14. The number of rotatable bonds is 4. The van der Waals surface area contributed by atoms with E-state index < -0.39 is 0 Å². The van der Waals surface area contributed by atoms with Gasteiger partial charge in [0.25, 0.3) is 0 Å². The Morgan fingerprint density at radius 1 is 1.33 bits per heavy atom. The molecule has 0 aromatic carbocycles. The molecule has 0 bridgehead atoms. The molecule has 5 heteroatoms. The van der Waals surface area contributed by atoms with Crippen LogP contribution < -0.4 is 10.2 Å². The highest BCUT2D eigenvalue weighted by atomic mass is 32.1. The number of anilines is 1. The van der Waals surface area contributed by atoms with Crippen LogP contribution in [0.4, 0.5) is 5.82 Å². The molecule has 1 aliphatic rings. The molecule has 0 aliphatic carbocycles. The first-order valence-electron chi connectivity index (χ1n) is 7.90. The second kappa shape index (κ2) is 6.28. The van der Waals surface area contributed by atoms with Crippen LogP contribution in [0.5, 0.6) is 0 Å². The molecule has 4 nitrogen and oxygen atoms in total. The van der Waals surface area contributed by atoms with Crippen molar-refractivity contribution < 1.29 is 0 Å². The maximum absolute atomic E-state index is 4.66. The predicted molar refractivity (Wildman–Crippen MR) is 90.4 cm³/mol.